The van der Waals surface area contributed by atoms with Gasteiger partial charge in [0.05, 0.1) is 6.42 Å². The fraction of sp³-hybridized carbons (Fsp3) is 0.778. The largest absolute Gasteiger partial charge is 0.409 e. The van der Waals surface area contributed by atoms with Crippen molar-refractivity contribution in [2.75, 3.05) is 6.54 Å². The van der Waals surface area contributed by atoms with Gasteiger partial charge in [-0.1, -0.05) is 24.4 Å². The zero-order valence-corrected chi connectivity index (χ0v) is 8.20. The van der Waals surface area contributed by atoms with Crippen LogP contribution in [0.5, 0.6) is 0 Å². The lowest BCUT2D eigenvalue weighted by Crippen LogP contribution is -2.30. The number of amidine groups is 1. The summed E-state index contributed by atoms with van der Waals surface area (Å²) in [5, 5.41) is 13.7. The van der Waals surface area contributed by atoms with Crippen LogP contribution < -0.4 is 11.1 Å². The molecule has 0 heterocycles. The third-order valence-electron chi connectivity index (χ3n) is 2.57. The Morgan fingerprint density at radius 1 is 1.57 bits per heavy atom. The predicted molar refractivity (Wildman–Crippen MR) is 53.0 cm³/mol. The van der Waals surface area contributed by atoms with Gasteiger partial charge in [0, 0.05) is 6.54 Å². The van der Waals surface area contributed by atoms with Gasteiger partial charge >= 0.3 is 0 Å². The molecule has 1 rings (SSSR count). The lowest BCUT2D eigenvalue weighted by molar-refractivity contribution is -0.120. The van der Waals surface area contributed by atoms with Gasteiger partial charge in [-0.2, -0.15) is 0 Å². The maximum absolute atomic E-state index is 11.1. The number of rotatable bonds is 5. The molecule has 1 amide bonds. The highest BCUT2D eigenvalue weighted by molar-refractivity contribution is 5.98. The molecule has 80 valence electrons. The van der Waals surface area contributed by atoms with Crippen LogP contribution in [0.3, 0.4) is 0 Å². The maximum atomic E-state index is 11.1. The fourth-order valence-electron chi connectivity index (χ4n) is 1.46. The predicted octanol–water partition coefficient (Wildman–Crippen LogP) is 0.429. The topological polar surface area (TPSA) is 87.7 Å². The van der Waals surface area contributed by atoms with Crippen molar-refractivity contribution in [1.82, 2.24) is 5.32 Å². The highest BCUT2D eigenvalue weighted by atomic mass is 16.4. The summed E-state index contributed by atoms with van der Waals surface area (Å²) in [6.45, 7) is 0.697. The molecule has 1 fully saturated rings. The van der Waals surface area contributed by atoms with Crippen molar-refractivity contribution in [2.45, 2.75) is 32.1 Å². The lowest BCUT2D eigenvalue weighted by Gasteiger charge is -2.25. The molecule has 0 saturated heterocycles. The zero-order valence-electron chi connectivity index (χ0n) is 8.20. The van der Waals surface area contributed by atoms with E-state index in [0.717, 1.165) is 12.3 Å². The maximum Gasteiger partial charge on any atom is 0.227 e. The summed E-state index contributed by atoms with van der Waals surface area (Å²) in [6.07, 6.45) is 4.91. The average molecular weight is 199 g/mol. The van der Waals surface area contributed by atoms with Crippen molar-refractivity contribution in [3.63, 3.8) is 0 Å². The van der Waals surface area contributed by atoms with E-state index < -0.39 is 0 Å². The number of carbonyl (C=O) groups is 1. The standard InChI is InChI=1S/C9H17N3O2/c10-8(12-14)6-9(13)11-5-4-7-2-1-3-7/h7,14H,1-6H2,(H2,10,12)(H,11,13). The number of nitrogens with one attached hydrogen (secondary N) is 1. The molecule has 0 spiro atoms. The molecule has 0 bridgehead atoms. The second-order valence-electron chi connectivity index (χ2n) is 3.70. The van der Waals surface area contributed by atoms with E-state index in [-0.39, 0.29) is 18.2 Å². The Hall–Kier alpha value is -1.26. The summed E-state index contributed by atoms with van der Waals surface area (Å²) in [5.41, 5.74) is 5.18. The monoisotopic (exact) mass is 199 g/mol. The van der Waals surface area contributed by atoms with E-state index in [0.29, 0.717) is 6.54 Å². The molecule has 0 unspecified atom stereocenters. The summed E-state index contributed by atoms with van der Waals surface area (Å²) in [4.78, 5) is 11.1. The Balaban J connectivity index is 2.02. The van der Waals surface area contributed by atoms with Crippen LogP contribution in [0.4, 0.5) is 0 Å². The molecule has 0 aromatic rings. The van der Waals surface area contributed by atoms with Gasteiger partial charge in [-0.15, -0.1) is 0 Å². The SMILES string of the molecule is NC(CC(=O)NCCC1CCC1)=NO. The van der Waals surface area contributed by atoms with Gasteiger partial charge < -0.3 is 16.3 Å². The van der Waals surface area contributed by atoms with E-state index in [2.05, 4.69) is 10.5 Å². The number of hydrogen-bond donors (Lipinski definition) is 3. The van der Waals surface area contributed by atoms with Crippen LogP contribution in [0.1, 0.15) is 32.1 Å². The molecule has 0 atom stereocenters. The van der Waals surface area contributed by atoms with E-state index in [9.17, 15) is 4.79 Å². The molecule has 14 heavy (non-hydrogen) atoms. The first kappa shape index (κ1) is 10.8. The van der Waals surface area contributed by atoms with Crippen LogP contribution in [0, 0.1) is 5.92 Å². The van der Waals surface area contributed by atoms with Crippen LogP contribution in [-0.2, 0) is 4.79 Å². The minimum Gasteiger partial charge on any atom is -0.409 e. The van der Waals surface area contributed by atoms with E-state index in [4.69, 9.17) is 10.9 Å². The van der Waals surface area contributed by atoms with Crippen molar-refractivity contribution in [3.05, 3.63) is 0 Å². The van der Waals surface area contributed by atoms with Gasteiger partial charge in [-0.05, 0) is 12.3 Å². The molecule has 5 heteroatoms. The molecule has 0 aromatic carbocycles. The molecule has 1 aliphatic carbocycles. The molecule has 1 aliphatic rings. The minimum absolute atomic E-state index is 0.0266. The minimum atomic E-state index is -0.181. The Kier molecular flexibility index (Phi) is 4.22. The van der Waals surface area contributed by atoms with E-state index in [1.54, 1.807) is 0 Å². The van der Waals surface area contributed by atoms with Gasteiger partial charge in [-0.25, -0.2) is 0 Å². The molecule has 4 N–H and O–H groups in total. The summed E-state index contributed by atoms with van der Waals surface area (Å²) < 4.78 is 0. The van der Waals surface area contributed by atoms with E-state index in [1.165, 1.54) is 19.3 Å². The third-order valence-corrected chi connectivity index (χ3v) is 2.57. The Morgan fingerprint density at radius 2 is 2.29 bits per heavy atom. The van der Waals surface area contributed by atoms with Gasteiger partial charge in [0.2, 0.25) is 5.91 Å². The van der Waals surface area contributed by atoms with Gasteiger partial charge in [-0.3, -0.25) is 4.79 Å². The number of hydrogen-bond acceptors (Lipinski definition) is 3. The number of carbonyl (C=O) groups excluding carboxylic acids is 1. The second kappa shape index (κ2) is 5.47. The van der Waals surface area contributed by atoms with Crippen LogP contribution in [0.15, 0.2) is 5.16 Å². The van der Waals surface area contributed by atoms with Crippen LogP contribution in [-0.4, -0.2) is 23.5 Å². The number of amides is 1. The molecule has 0 radical (unpaired) electrons. The summed E-state index contributed by atoms with van der Waals surface area (Å²) in [6, 6.07) is 0. The first-order valence-electron chi connectivity index (χ1n) is 4.95. The van der Waals surface area contributed by atoms with E-state index >= 15 is 0 Å². The van der Waals surface area contributed by atoms with Crippen molar-refractivity contribution in [2.24, 2.45) is 16.8 Å². The van der Waals surface area contributed by atoms with Crippen molar-refractivity contribution in [3.8, 4) is 0 Å². The quantitative estimate of drug-likeness (QED) is 0.260. The van der Waals surface area contributed by atoms with Gasteiger partial charge in [0.1, 0.15) is 5.84 Å². The number of nitrogens with zero attached hydrogens (tertiary/aromatic N) is 1. The summed E-state index contributed by atoms with van der Waals surface area (Å²) in [7, 11) is 0. The Labute approximate surface area is 83.3 Å². The third kappa shape index (κ3) is 3.64. The Morgan fingerprint density at radius 3 is 2.79 bits per heavy atom. The Bertz CT molecular complexity index is 224. The van der Waals surface area contributed by atoms with Crippen LogP contribution >= 0.6 is 0 Å². The normalized spacial score (nSPS) is 17.6. The van der Waals surface area contributed by atoms with Gasteiger partial charge in [0.15, 0.2) is 0 Å². The van der Waals surface area contributed by atoms with E-state index in [1.807, 2.05) is 0 Å². The van der Waals surface area contributed by atoms with Crippen LogP contribution in [0.2, 0.25) is 0 Å². The van der Waals surface area contributed by atoms with Gasteiger partial charge in [0.25, 0.3) is 0 Å². The smallest absolute Gasteiger partial charge is 0.227 e. The summed E-state index contributed by atoms with van der Waals surface area (Å²) in [5.74, 6) is 0.560. The molecule has 5 nitrogen and oxygen atoms in total. The zero-order chi connectivity index (χ0) is 10.4. The lowest BCUT2D eigenvalue weighted by atomic mass is 9.83. The van der Waals surface area contributed by atoms with Crippen molar-refractivity contribution >= 4 is 11.7 Å². The highest BCUT2D eigenvalue weighted by Gasteiger charge is 2.16. The van der Waals surface area contributed by atoms with Crippen molar-refractivity contribution in [1.29, 1.82) is 0 Å². The first-order chi connectivity index (χ1) is 6.72. The highest BCUT2D eigenvalue weighted by Crippen LogP contribution is 2.28. The first-order valence-corrected chi connectivity index (χ1v) is 4.95. The average Bonchev–Trinajstić information content (AvgIpc) is 2.09. The molecule has 1 saturated carbocycles. The molecule has 0 aromatic heterocycles. The van der Waals surface area contributed by atoms with Crippen molar-refractivity contribution < 1.29 is 10.0 Å². The fourth-order valence-corrected chi connectivity index (χ4v) is 1.46. The second-order valence-corrected chi connectivity index (χ2v) is 3.70. The number of oxime groups is 1. The summed E-state index contributed by atoms with van der Waals surface area (Å²) >= 11 is 0. The van der Waals surface area contributed by atoms with Crippen LogP contribution in [0.25, 0.3) is 0 Å². The molecular formula is C9H17N3O2. The molecule has 0 aliphatic heterocycles. The number of nitrogens with two attached hydrogens (primary N) is 1. The molecular weight excluding hydrogens is 182 g/mol.